The Morgan fingerprint density at radius 2 is 1.87 bits per heavy atom. The number of carbonyl (C=O) groups is 1. The van der Waals surface area contributed by atoms with Crippen LogP contribution in [0.3, 0.4) is 0 Å². The van der Waals surface area contributed by atoms with Gasteiger partial charge in [-0.2, -0.15) is 13.9 Å². The SMILES string of the molecule is CC.CNC(=O)c1c(C)cc(-c2cnn3cc(C(C)(C)C)ccc23)cc1OC(F)F. The van der Waals surface area contributed by atoms with Gasteiger partial charge in [0.15, 0.2) is 0 Å². The third kappa shape index (κ3) is 4.78. The predicted molar refractivity (Wildman–Crippen MR) is 115 cm³/mol. The molecule has 0 spiro atoms. The fraction of sp³-hybridized carbons (Fsp3) is 0.391. The lowest BCUT2D eigenvalue weighted by molar-refractivity contribution is -0.0501. The van der Waals surface area contributed by atoms with Crippen molar-refractivity contribution in [2.24, 2.45) is 0 Å². The summed E-state index contributed by atoms with van der Waals surface area (Å²) < 4.78 is 32.2. The molecule has 2 heterocycles. The first-order chi connectivity index (χ1) is 14.1. The fourth-order valence-electron chi connectivity index (χ4n) is 3.17. The minimum Gasteiger partial charge on any atom is -0.434 e. The highest BCUT2D eigenvalue weighted by atomic mass is 19.3. The van der Waals surface area contributed by atoms with Gasteiger partial charge >= 0.3 is 6.61 Å². The Morgan fingerprint density at radius 3 is 2.43 bits per heavy atom. The van der Waals surface area contributed by atoms with E-state index in [2.05, 4.69) is 35.9 Å². The van der Waals surface area contributed by atoms with Gasteiger partial charge in [-0.25, -0.2) is 4.52 Å². The molecule has 7 heteroatoms. The van der Waals surface area contributed by atoms with E-state index in [0.717, 1.165) is 16.6 Å². The van der Waals surface area contributed by atoms with Crippen molar-refractivity contribution in [2.45, 2.75) is 53.6 Å². The standard InChI is InChI=1S/C21H23F2N3O2.C2H6/c1-12-8-13(9-17(28-20(22)23)18(12)19(27)24-5)15-10-25-26-11-14(21(2,3)4)6-7-16(15)26;1-2/h6-11,20H,1-5H3,(H,24,27);1-2H3. The van der Waals surface area contributed by atoms with Gasteiger partial charge in [-0.15, -0.1) is 0 Å². The Morgan fingerprint density at radius 1 is 1.20 bits per heavy atom. The third-order valence-electron chi connectivity index (χ3n) is 4.66. The van der Waals surface area contributed by atoms with Crippen molar-refractivity contribution in [3.05, 3.63) is 53.3 Å². The van der Waals surface area contributed by atoms with E-state index in [1.54, 1.807) is 23.7 Å². The molecular formula is C23H29F2N3O2. The molecule has 0 radical (unpaired) electrons. The van der Waals surface area contributed by atoms with Crippen LogP contribution in [0.1, 0.15) is 56.1 Å². The Hall–Kier alpha value is -2.96. The van der Waals surface area contributed by atoms with Crippen molar-refractivity contribution in [3.8, 4) is 16.9 Å². The van der Waals surface area contributed by atoms with Crippen molar-refractivity contribution < 1.29 is 18.3 Å². The van der Waals surface area contributed by atoms with Gasteiger partial charge < -0.3 is 10.1 Å². The van der Waals surface area contributed by atoms with E-state index in [1.807, 2.05) is 32.2 Å². The maximum atomic E-state index is 12.9. The van der Waals surface area contributed by atoms with E-state index in [0.29, 0.717) is 11.1 Å². The van der Waals surface area contributed by atoms with Crippen LogP contribution in [0.25, 0.3) is 16.6 Å². The molecular weight excluding hydrogens is 388 g/mol. The Bertz CT molecular complexity index is 1040. The third-order valence-corrected chi connectivity index (χ3v) is 4.66. The van der Waals surface area contributed by atoms with E-state index in [4.69, 9.17) is 0 Å². The van der Waals surface area contributed by atoms with E-state index >= 15 is 0 Å². The monoisotopic (exact) mass is 417 g/mol. The highest BCUT2D eigenvalue weighted by Gasteiger charge is 2.21. The van der Waals surface area contributed by atoms with Crippen molar-refractivity contribution >= 4 is 11.4 Å². The maximum absolute atomic E-state index is 12.9. The molecule has 1 aromatic carbocycles. The minimum atomic E-state index is -3.03. The molecule has 1 amide bonds. The Kier molecular flexibility index (Phi) is 7.18. The molecule has 3 rings (SSSR count). The Labute approximate surface area is 176 Å². The molecule has 3 aromatic rings. The van der Waals surface area contributed by atoms with Crippen LogP contribution in [0.2, 0.25) is 0 Å². The number of carbonyl (C=O) groups excluding carboxylic acids is 1. The van der Waals surface area contributed by atoms with Gasteiger partial charge in [0.25, 0.3) is 5.91 Å². The molecule has 0 aliphatic rings. The number of alkyl halides is 2. The highest BCUT2D eigenvalue weighted by molar-refractivity contribution is 5.99. The van der Waals surface area contributed by atoms with Crippen LogP contribution in [0.5, 0.6) is 5.75 Å². The average Bonchev–Trinajstić information content (AvgIpc) is 3.11. The van der Waals surface area contributed by atoms with Crippen LogP contribution in [-0.2, 0) is 5.41 Å². The summed E-state index contributed by atoms with van der Waals surface area (Å²) in [5.74, 6) is -0.635. The van der Waals surface area contributed by atoms with Gasteiger partial charge in [-0.3, -0.25) is 4.79 Å². The minimum absolute atomic E-state index is 0.0235. The van der Waals surface area contributed by atoms with Gasteiger partial charge in [-0.1, -0.05) is 46.8 Å². The van der Waals surface area contributed by atoms with Crippen LogP contribution in [-0.4, -0.2) is 29.2 Å². The first-order valence-corrected chi connectivity index (χ1v) is 9.91. The Balaban J connectivity index is 0.00000155. The summed E-state index contributed by atoms with van der Waals surface area (Å²) in [5, 5.41) is 6.87. The summed E-state index contributed by atoms with van der Waals surface area (Å²) in [6.45, 7) is 9.01. The molecule has 1 N–H and O–H groups in total. The van der Waals surface area contributed by atoms with Crippen LogP contribution >= 0.6 is 0 Å². The van der Waals surface area contributed by atoms with Gasteiger partial charge in [0.2, 0.25) is 0 Å². The number of halogens is 2. The molecule has 0 fully saturated rings. The second kappa shape index (κ2) is 9.24. The summed E-state index contributed by atoms with van der Waals surface area (Å²) in [4.78, 5) is 12.1. The number of hydrogen-bond donors (Lipinski definition) is 1. The smallest absolute Gasteiger partial charge is 0.387 e. The molecule has 0 bridgehead atoms. The molecule has 0 aliphatic heterocycles. The summed E-state index contributed by atoms with van der Waals surface area (Å²) in [6.07, 6.45) is 3.64. The van der Waals surface area contributed by atoms with E-state index in [1.165, 1.54) is 13.1 Å². The van der Waals surface area contributed by atoms with Gasteiger partial charge in [0.1, 0.15) is 5.75 Å². The van der Waals surface area contributed by atoms with Crippen molar-refractivity contribution in [2.75, 3.05) is 7.05 Å². The number of benzene rings is 1. The molecule has 0 atom stereocenters. The molecule has 30 heavy (non-hydrogen) atoms. The molecule has 0 unspecified atom stereocenters. The largest absolute Gasteiger partial charge is 0.434 e. The average molecular weight is 418 g/mol. The number of nitrogens with one attached hydrogen (secondary N) is 1. The zero-order valence-corrected chi connectivity index (χ0v) is 18.5. The number of nitrogens with zero attached hydrogens (tertiary/aromatic N) is 2. The number of pyridine rings is 1. The second-order valence-electron chi connectivity index (χ2n) is 7.68. The van der Waals surface area contributed by atoms with E-state index in [9.17, 15) is 13.6 Å². The lowest BCUT2D eigenvalue weighted by atomic mass is 9.88. The van der Waals surface area contributed by atoms with Gasteiger partial charge in [0.05, 0.1) is 17.3 Å². The van der Waals surface area contributed by atoms with Crippen LogP contribution in [0, 0.1) is 6.92 Å². The van der Waals surface area contributed by atoms with Crippen LogP contribution in [0.4, 0.5) is 8.78 Å². The number of ether oxygens (including phenoxy) is 1. The molecule has 5 nitrogen and oxygen atoms in total. The van der Waals surface area contributed by atoms with Crippen LogP contribution < -0.4 is 10.1 Å². The van der Waals surface area contributed by atoms with Crippen molar-refractivity contribution in [1.82, 2.24) is 14.9 Å². The van der Waals surface area contributed by atoms with Gasteiger partial charge in [-0.05, 0) is 41.2 Å². The first kappa shape index (κ1) is 23.3. The molecule has 2 aromatic heterocycles. The number of hydrogen-bond acceptors (Lipinski definition) is 3. The molecule has 162 valence electrons. The quantitative estimate of drug-likeness (QED) is 0.602. The first-order valence-electron chi connectivity index (χ1n) is 9.91. The molecule has 0 saturated heterocycles. The summed E-state index contributed by atoms with van der Waals surface area (Å²) in [5.41, 5.74) is 4.00. The van der Waals surface area contributed by atoms with Gasteiger partial charge in [0, 0.05) is 18.8 Å². The van der Waals surface area contributed by atoms with Crippen molar-refractivity contribution in [1.29, 1.82) is 0 Å². The van der Waals surface area contributed by atoms with Crippen molar-refractivity contribution in [3.63, 3.8) is 0 Å². The molecule has 0 aliphatic carbocycles. The topological polar surface area (TPSA) is 55.6 Å². The van der Waals surface area contributed by atoms with E-state index in [-0.39, 0.29) is 16.7 Å². The number of aromatic nitrogens is 2. The molecule has 0 saturated carbocycles. The maximum Gasteiger partial charge on any atom is 0.387 e. The zero-order chi connectivity index (χ0) is 22.6. The second-order valence-corrected chi connectivity index (χ2v) is 7.68. The summed E-state index contributed by atoms with van der Waals surface area (Å²) in [6, 6.07) is 7.22. The number of fused-ring (bicyclic) bond motifs is 1. The fourth-order valence-corrected chi connectivity index (χ4v) is 3.17. The lowest BCUT2D eigenvalue weighted by Crippen LogP contribution is -2.21. The lowest BCUT2D eigenvalue weighted by Gasteiger charge is -2.18. The number of aryl methyl sites for hydroxylation is 1. The number of amides is 1. The normalized spacial score (nSPS) is 11.3. The zero-order valence-electron chi connectivity index (χ0n) is 18.5. The summed E-state index contributed by atoms with van der Waals surface area (Å²) >= 11 is 0. The highest BCUT2D eigenvalue weighted by Crippen LogP contribution is 2.34. The predicted octanol–water partition coefficient (Wildman–Crippen LogP) is 5.59. The van der Waals surface area contributed by atoms with Crippen LogP contribution in [0.15, 0.2) is 36.7 Å². The van der Waals surface area contributed by atoms with E-state index < -0.39 is 12.5 Å². The number of rotatable bonds is 4. The summed E-state index contributed by atoms with van der Waals surface area (Å²) in [7, 11) is 1.44.